The SMILES string of the molecule is CCn1cncc1CNC1CCCCC1C. The minimum absolute atomic E-state index is 0.703. The lowest BCUT2D eigenvalue weighted by Gasteiger charge is -2.29. The van der Waals surface area contributed by atoms with Crippen molar-refractivity contribution in [3.05, 3.63) is 18.2 Å². The Labute approximate surface area is 98.3 Å². The number of rotatable bonds is 4. The average Bonchev–Trinajstić information content (AvgIpc) is 2.75. The first-order valence-electron chi connectivity index (χ1n) is 6.53. The smallest absolute Gasteiger partial charge is 0.0948 e. The second kappa shape index (κ2) is 5.48. The van der Waals surface area contributed by atoms with Gasteiger partial charge in [0.15, 0.2) is 0 Å². The molecule has 0 aliphatic heterocycles. The van der Waals surface area contributed by atoms with Crippen molar-refractivity contribution >= 4 is 0 Å². The van der Waals surface area contributed by atoms with Gasteiger partial charge >= 0.3 is 0 Å². The Morgan fingerprint density at radius 3 is 3.00 bits per heavy atom. The van der Waals surface area contributed by atoms with Gasteiger partial charge in [0, 0.05) is 25.3 Å². The van der Waals surface area contributed by atoms with Gasteiger partial charge in [-0.1, -0.05) is 19.8 Å². The molecule has 1 heterocycles. The zero-order chi connectivity index (χ0) is 11.4. The highest BCUT2D eigenvalue weighted by Gasteiger charge is 2.20. The van der Waals surface area contributed by atoms with Crippen LogP contribution in [0.3, 0.4) is 0 Å². The van der Waals surface area contributed by atoms with Crippen LogP contribution in [-0.4, -0.2) is 15.6 Å². The zero-order valence-electron chi connectivity index (χ0n) is 10.4. The summed E-state index contributed by atoms with van der Waals surface area (Å²) < 4.78 is 2.21. The molecular formula is C13H23N3. The van der Waals surface area contributed by atoms with E-state index in [2.05, 4.69) is 28.7 Å². The van der Waals surface area contributed by atoms with Crippen molar-refractivity contribution in [3.63, 3.8) is 0 Å². The first-order chi connectivity index (χ1) is 7.81. The normalized spacial score (nSPS) is 25.9. The Bertz CT molecular complexity index is 319. The highest BCUT2D eigenvalue weighted by Crippen LogP contribution is 2.23. The fraction of sp³-hybridized carbons (Fsp3) is 0.769. The Kier molecular flexibility index (Phi) is 3.99. The highest BCUT2D eigenvalue weighted by molar-refractivity contribution is 4.98. The van der Waals surface area contributed by atoms with Crippen LogP contribution in [0.15, 0.2) is 12.5 Å². The van der Waals surface area contributed by atoms with Gasteiger partial charge in [0.2, 0.25) is 0 Å². The van der Waals surface area contributed by atoms with Crippen LogP contribution < -0.4 is 5.32 Å². The Hall–Kier alpha value is -0.830. The van der Waals surface area contributed by atoms with E-state index in [0.717, 1.165) is 19.0 Å². The summed E-state index contributed by atoms with van der Waals surface area (Å²) >= 11 is 0. The summed E-state index contributed by atoms with van der Waals surface area (Å²) in [6, 6.07) is 0.703. The van der Waals surface area contributed by atoms with Crippen LogP contribution in [-0.2, 0) is 13.1 Å². The maximum Gasteiger partial charge on any atom is 0.0948 e. The molecule has 0 spiro atoms. The summed E-state index contributed by atoms with van der Waals surface area (Å²) in [5.74, 6) is 0.826. The van der Waals surface area contributed by atoms with Crippen molar-refractivity contribution in [2.45, 2.75) is 58.7 Å². The van der Waals surface area contributed by atoms with Crippen molar-refractivity contribution in [2.75, 3.05) is 0 Å². The minimum atomic E-state index is 0.703. The first kappa shape index (κ1) is 11.6. The molecular weight excluding hydrogens is 198 g/mol. The van der Waals surface area contributed by atoms with Crippen LogP contribution in [0.5, 0.6) is 0 Å². The van der Waals surface area contributed by atoms with Gasteiger partial charge in [-0.2, -0.15) is 0 Å². The lowest BCUT2D eigenvalue weighted by molar-refractivity contribution is 0.277. The Balaban J connectivity index is 1.86. The summed E-state index contributed by atoms with van der Waals surface area (Å²) in [5.41, 5.74) is 1.31. The third kappa shape index (κ3) is 2.64. The molecule has 2 rings (SSSR count). The number of nitrogens with one attached hydrogen (secondary N) is 1. The van der Waals surface area contributed by atoms with E-state index in [1.54, 1.807) is 0 Å². The second-order valence-electron chi connectivity index (χ2n) is 4.92. The van der Waals surface area contributed by atoms with E-state index >= 15 is 0 Å². The van der Waals surface area contributed by atoms with Gasteiger partial charge in [0.1, 0.15) is 0 Å². The molecule has 0 amide bonds. The number of aryl methyl sites for hydroxylation is 1. The van der Waals surface area contributed by atoms with Crippen LogP contribution in [0, 0.1) is 5.92 Å². The molecule has 1 fully saturated rings. The molecule has 90 valence electrons. The minimum Gasteiger partial charge on any atom is -0.334 e. The average molecular weight is 221 g/mol. The predicted molar refractivity (Wildman–Crippen MR) is 66.2 cm³/mol. The lowest BCUT2D eigenvalue weighted by Crippen LogP contribution is -2.37. The van der Waals surface area contributed by atoms with Gasteiger partial charge in [0.05, 0.1) is 12.0 Å². The lowest BCUT2D eigenvalue weighted by atomic mass is 9.86. The van der Waals surface area contributed by atoms with Crippen molar-refractivity contribution in [1.82, 2.24) is 14.9 Å². The molecule has 0 radical (unpaired) electrons. The molecule has 0 bridgehead atoms. The Morgan fingerprint density at radius 2 is 2.25 bits per heavy atom. The molecule has 1 aromatic rings. The molecule has 3 heteroatoms. The maximum absolute atomic E-state index is 4.20. The standard InChI is InChI=1S/C13H23N3/c1-3-16-10-14-8-12(16)9-15-13-7-5-4-6-11(13)2/h8,10-11,13,15H,3-7,9H2,1-2H3. The van der Waals surface area contributed by atoms with Gasteiger partial charge in [-0.15, -0.1) is 0 Å². The second-order valence-corrected chi connectivity index (χ2v) is 4.92. The first-order valence-corrected chi connectivity index (χ1v) is 6.53. The molecule has 1 aliphatic carbocycles. The van der Waals surface area contributed by atoms with Crippen molar-refractivity contribution < 1.29 is 0 Å². The van der Waals surface area contributed by atoms with E-state index in [-0.39, 0.29) is 0 Å². The van der Waals surface area contributed by atoms with Gasteiger partial charge < -0.3 is 9.88 Å². The molecule has 1 aromatic heterocycles. The Morgan fingerprint density at radius 1 is 1.44 bits per heavy atom. The van der Waals surface area contributed by atoms with Crippen molar-refractivity contribution in [1.29, 1.82) is 0 Å². The van der Waals surface area contributed by atoms with Crippen LogP contribution in [0.4, 0.5) is 0 Å². The summed E-state index contributed by atoms with van der Waals surface area (Å²) in [4.78, 5) is 4.20. The number of hydrogen-bond acceptors (Lipinski definition) is 2. The van der Waals surface area contributed by atoms with Gasteiger partial charge in [-0.25, -0.2) is 4.98 Å². The summed E-state index contributed by atoms with van der Waals surface area (Å²) in [6.45, 7) is 6.50. The van der Waals surface area contributed by atoms with Crippen molar-refractivity contribution in [2.24, 2.45) is 5.92 Å². The number of nitrogens with zero attached hydrogens (tertiary/aromatic N) is 2. The number of hydrogen-bond donors (Lipinski definition) is 1. The predicted octanol–water partition coefficient (Wildman–Crippen LogP) is 2.57. The highest BCUT2D eigenvalue weighted by atomic mass is 15.1. The van der Waals surface area contributed by atoms with E-state index in [1.165, 1.54) is 31.4 Å². The van der Waals surface area contributed by atoms with Gasteiger partial charge in [-0.3, -0.25) is 0 Å². The van der Waals surface area contributed by atoms with E-state index in [1.807, 2.05) is 12.5 Å². The number of imidazole rings is 1. The fourth-order valence-corrected chi connectivity index (χ4v) is 2.64. The molecule has 3 nitrogen and oxygen atoms in total. The summed E-state index contributed by atoms with van der Waals surface area (Å²) in [6.07, 6.45) is 9.40. The summed E-state index contributed by atoms with van der Waals surface area (Å²) in [7, 11) is 0. The van der Waals surface area contributed by atoms with Crippen LogP contribution >= 0.6 is 0 Å². The van der Waals surface area contributed by atoms with E-state index < -0.39 is 0 Å². The largest absolute Gasteiger partial charge is 0.334 e. The molecule has 1 saturated carbocycles. The van der Waals surface area contributed by atoms with Gasteiger partial charge in [-0.05, 0) is 25.7 Å². The fourth-order valence-electron chi connectivity index (χ4n) is 2.64. The molecule has 2 unspecified atom stereocenters. The topological polar surface area (TPSA) is 29.9 Å². The zero-order valence-corrected chi connectivity index (χ0v) is 10.4. The molecule has 1 N–H and O–H groups in total. The molecule has 2 atom stereocenters. The van der Waals surface area contributed by atoms with Crippen LogP contribution in [0.1, 0.15) is 45.2 Å². The third-order valence-electron chi connectivity index (χ3n) is 3.80. The maximum atomic E-state index is 4.20. The molecule has 1 aliphatic rings. The van der Waals surface area contributed by atoms with Crippen LogP contribution in [0.25, 0.3) is 0 Å². The van der Waals surface area contributed by atoms with E-state index in [4.69, 9.17) is 0 Å². The van der Waals surface area contributed by atoms with Crippen molar-refractivity contribution in [3.8, 4) is 0 Å². The van der Waals surface area contributed by atoms with Crippen LogP contribution in [0.2, 0.25) is 0 Å². The third-order valence-corrected chi connectivity index (χ3v) is 3.80. The monoisotopic (exact) mass is 221 g/mol. The molecule has 0 aromatic carbocycles. The number of aromatic nitrogens is 2. The van der Waals surface area contributed by atoms with Gasteiger partial charge in [0.25, 0.3) is 0 Å². The molecule has 16 heavy (non-hydrogen) atoms. The quantitative estimate of drug-likeness (QED) is 0.847. The van der Waals surface area contributed by atoms with E-state index in [9.17, 15) is 0 Å². The van der Waals surface area contributed by atoms with E-state index in [0.29, 0.717) is 6.04 Å². The molecule has 0 saturated heterocycles. The summed E-state index contributed by atoms with van der Waals surface area (Å²) in [5, 5.41) is 3.69.